The molecule has 0 fully saturated rings. The molecule has 1 aromatic carbocycles. The van der Waals surface area contributed by atoms with Gasteiger partial charge < -0.3 is 20.1 Å². The summed E-state index contributed by atoms with van der Waals surface area (Å²) in [6, 6.07) is 2.19. The van der Waals surface area contributed by atoms with Crippen LogP contribution in [0.5, 0.6) is 0 Å². The van der Waals surface area contributed by atoms with E-state index in [9.17, 15) is 27.6 Å². The maximum absolute atomic E-state index is 13.1. The molecule has 0 radical (unpaired) electrons. The van der Waals surface area contributed by atoms with Gasteiger partial charge in [0.25, 0.3) is 0 Å². The molecule has 0 spiro atoms. The molecule has 0 unspecified atom stereocenters. The van der Waals surface area contributed by atoms with Gasteiger partial charge in [-0.3, -0.25) is 9.59 Å². The van der Waals surface area contributed by atoms with Crippen molar-refractivity contribution in [2.75, 3.05) is 13.7 Å². The first-order valence-electron chi connectivity index (χ1n) is 8.73. The molecule has 0 aromatic heterocycles. The maximum Gasteiger partial charge on any atom is 0.416 e. The summed E-state index contributed by atoms with van der Waals surface area (Å²) in [6.45, 7) is 5.93. The van der Waals surface area contributed by atoms with Crippen molar-refractivity contribution >= 4 is 18.0 Å². The minimum atomic E-state index is -4.58. The van der Waals surface area contributed by atoms with Gasteiger partial charge in [0.05, 0.1) is 25.1 Å². The highest BCUT2D eigenvalue weighted by Gasteiger charge is 2.32. The number of alkyl carbamates (subject to hydrolysis) is 1. The summed E-state index contributed by atoms with van der Waals surface area (Å²) < 4.78 is 48.9. The molecule has 0 saturated carbocycles. The van der Waals surface area contributed by atoms with Gasteiger partial charge in [0, 0.05) is 0 Å². The van der Waals surface area contributed by atoms with Gasteiger partial charge in [-0.15, -0.1) is 0 Å². The van der Waals surface area contributed by atoms with E-state index in [0.717, 1.165) is 19.2 Å². The summed E-state index contributed by atoms with van der Waals surface area (Å²) in [5, 5.41) is 4.69. The highest BCUT2D eigenvalue weighted by molar-refractivity contribution is 5.83. The number of rotatable bonds is 6. The van der Waals surface area contributed by atoms with Crippen LogP contribution in [0.4, 0.5) is 18.0 Å². The topological polar surface area (TPSA) is 93.7 Å². The summed E-state index contributed by atoms with van der Waals surface area (Å²) in [7, 11) is 1.13. The van der Waals surface area contributed by atoms with E-state index >= 15 is 0 Å². The molecule has 0 aliphatic carbocycles. The predicted octanol–water partition coefficient (Wildman–Crippen LogP) is 3.26. The Kier molecular flexibility index (Phi) is 8.05. The Balaban J connectivity index is 2.97. The third-order valence-corrected chi connectivity index (χ3v) is 3.56. The van der Waals surface area contributed by atoms with Crippen LogP contribution >= 0.6 is 0 Å². The maximum atomic E-state index is 13.1. The number of aryl methyl sites for hydroxylation is 1. The van der Waals surface area contributed by atoms with E-state index in [1.165, 1.54) is 13.0 Å². The van der Waals surface area contributed by atoms with Crippen molar-refractivity contribution in [1.29, 1.82) is 0 Å². The van der Waals surface area contributed by atoms with E-state index in [-0.39, 0.29) is 12.0 Å². The molecule has 0 bridgehead atoms. The van der Waals surface area contributed by atoms with Gasteiger partial charge in [-0.2, -0.15) is 13.2 Å². The fraction of sp³-hybridized carbons (Fsp3) is 0.526. The molecular formula is C19H25F3N2O5. The van der Waals surface area contributed by atoms with E-state index < -0.39 is 47.9 Å². The number of halogens is 3. The predicted molar refractivity (Wildman–Crippen MR) is 97.9 cm³/mol. The molecule has 0 heterocycles. The Morgan fingerprint density at radius 1 is 1.10 bits per heavy atom. The lowest BCUT2D eigenvalue weighted by Gasteiger charge is -2.22. The summed E-state index contributed by atoms with van der Waals surface area (Å²) in [5.74, 6) is -1.43. The zero-order valence-corrected chi connectivity index (χ0v) is 16.9. The number of amides is 2. The van der Waals surface area contributed by atoms with Crippen molar-refractivity contribution < 1.29 is 37.0 Å². The second kappa shape index (κ2) is 9.62. The van der Waals surface area contributed by atoms with Gasteiger partial charge in [0.15, 0.2) is 0 Å². The number of carbonyl (C=O) groups is 3. The fourth-order valence-corrected chi connectivity index (χ4v) is 2.39. The quantitative estimate of drug-likeness (QED) is 0.692. The zero-order chi connectivity index (χ0) is 22.4. The van der Waals surface area contributed by atoms with Crippen LogP contribution in [0.1, 0.15) is 49.9 Å². The van der Waals surface area contributed by atoms with E-state index in [0.29, 0.717) is 5.56 Å². The Hall–Kier alpha value is -2.78. The molecule has 0 aliphatic rings. The number of hydrogen-bond acceptors (Lipinski definition) is 5. The monoisotopic (exact) mass is 418 g/mol. The summed E-state index contributed by atoms with van der Waals surface area (Å²) in [5.41, 5.74) is -1.26. The number of benzene rings is 1. The number of alkyl halides is 3. The summed E-state index contributed by atoms with van der Waals surface area (Å²) in [4.78, 5) is 35.5. The highest BCUT2D eigenvalue weighted by Crippen LogP contribution is 2.32. The van der Waals surface area contributed by atoms with E-state index in [1.54, 1.807) is 20.8 Å². The van der Waals surface area contributed by atoms with Crippen molar-refractivity contribution in [3.63, 3.8) is 0 Å². The smallest absolute Gasteiger partial charge is 0.416 e. The van der Waals surface area contributed by atoms with Gasteiger partial charge in [0.2, 0.25) is 5.91 Å². The van der Waals surface area contributed by atoms with Crippen LogP contribution in [-0.4, -0.2) is 37.2 Å². The molecular weight excluding hydrogens is 393 g/mol. The molecule has 2 amide bonds. The first-order chi connectivity index (χ1) is 13.2. The fourth-order valence-electron chi connectivity index (χ4n) is 2.39. The lowest BCUT2D eigenvalue weighted by molar-refractivity contribution is -0.141. The van der Waals surface area contributed by atoms with Gasteiger partial charge in [0.1, 0.15) is 12.1 Å². The molecule has 1 rings (SSSR count). The largest absolute Gasteiger partial charge is 0.469 e. The van der Waals surface area contributed by atoms with Gasteiger partial charge >= 0.3 is 18.2 Å². The first-order valence-corrected chi connectivity index (χ1v) is 8.73. The van der Waals surface area contributed by atoms with E-state index in [4.69, 9.17) is 4.74 Å². The van der Waals surface area contributed by atoms with E-state index in [2.05, 4.69) is 15.4 Å². The zero-order valence-electron chi connectivity index (χ0n) is 16.9. The number of hydrogen-bond donors (Lipinski definition) is 2. The lowest BCUT2D eigenvalue weighted by Crippen LogP contribution is -2.41. The van der Waals surface area contributed by atoms with E-state index in [1.807, 2.05) is 0 Å². The first kappa shape index (κ1) is 24.3. The standard InChI is InChI=1S/C19H25F3N2O5/c1-11-6-12(8-13(7-11)19(20,21)22)14(9-16(26)28-5)24-15(25)10-23-17(27)29-18(2,3)4/h6-8,14H,9-10H2,1-5H3,(H,23,27)(H,24,25)/t14-/m0/s1. The van der Waals surface area contributed by atoms with Crippen LogP contribution < -0.4 is 10.6 Å². The van der Waals surface area contributed by atoms with Crippen molar-refractivity contribution in [3.8, 4) is 0 Å². The van der Waals surface area contributed by atoms with Gasteiger partial charge in [-0.05, 0) is 45.4 Å². The van der Waals surface area contributed by atoms with Crippen molar-refractivity contribution in [2.24, 2.45) is 0 Å². The van der Waals surface area contributed by atoms with Crippen molar-refractivity contribution in [3.05, 3.63) is 34.9 Å². The average Bonchev–Trinajstić information content (AvgIpc) is 2.56. The minimum Gasteiger partial charge on any atom is -0.469 e. The Bertz CT molecular complexity index is 757. The molecule has 10 heteroatoms. The van der Waals surface area contributed by atoms with Crippen LogP contribution in [-0.2, 0) is 25.2 Å². The average molecular weight is 418 g/mol. The Labute approximate surface area is 166 Å². The molecule has 29 heavy (non-hydrogen) atoms. The normalized spacial score (nSPS) is 12.7. The molecule has 1 aromatic rings. The van der Waals surface area contributed by atoms with Crippen LogP contribution in [0.25, 0.3) is 0 Å². The summed E-state index contributed by atoms with van der Waals surface area (Å²) in [6.07, 6.45) is -5.79. The molecule has 0 saturated heterocycles. The Morgan fingerprint density at radius 2 is 1.72 bits per heavy atom. The second-order valence-electron chi connectivity index (χ2n) is 7.39. The molecule has 7 nitrogen and oxygen atoms in total. The molecule has 0 aliphatic heterocycles. The lowest BCUT2D eigenvalue weighted by atomic mass is 9.98. The Morgan fingerprint density at radius 3 is 2.24 bits per heavy atom. The number of methoxy groups -OCH3 is 1. The number of esters is 1. The van der Waals surface area contributed by atoms with Gasteiger partial charge in [-0.1, -0.05) is 11.6 Å². The number of ether oxygens (including phenoxy) is 2. The number of carbonyl (C=O) groups excluding carboxylic acids is 3. The SMILES string of the molecule is COC(=O)C[C@H](NC(=O)CNC(=O)OC(C)(C)C)c1cc(C)cc(C(F)(F)F)c1. The highest BCUT2D eigenvalue weighted by atomic mass is 19.4. The third-order valence-electron chi connectivity index (χ3n) is 3.56. The van der Waals surface area contributed by atoms with Crippen LogP contribution in [0.3, 0.4) is 0 Å². The molecule has 1 atom stereocenters. The summed E-state index contributed by atoms with van der Waals surface area (Å²) >= 11 is 0. The van der Waals surface area contributed by atoms with Crippen LogP contribution in [0.2, 0.25) is 0 Å². The minimum absolute atomic E-state index is 0.0911. The van der Waals surface area contributed by atoms with Crippen LogP contribution in [0.15, 0.2) is 18.2 Å². The molecule has 162 valence electrons. The number of nitrogens with one attached hydrogen (secondary N) is 2. The third kappa shape index (κ3) is 8.84. The van der Waals surface area contributed by atoms with Crippen molar-refractivity contribution in [1.82, 2.24) is 10.6 Å². The van der Waals surface area contributed by atoms with Crippen LogP contribution in [0, 0.1) is 6.92 Å². The second-order valence-corrected chi connectivity index (χ2v) is 7.39. The molecule has 2 N–H and O–H groups in total. The van der Waals surface area contributed by atoms with Gasteiger partial charge in [-0.25, -0.2) is 4.79 Å². The van der Waals surface area contributed by atoms with Crippen molar-refractivity contribution in [2.45, 2.75) is 51.9 Å².